The Balaban J connectivity index is 2.15. The molecule has 1 N–H and O–H groups in total. The Morgan fingerprint density at radius 3 is 1.89 bits per heavy atom. The molecule has 0 aliphatic rings. The molecule has 0 aliphatic heterocycles. The van der Waals surface area contributed by atoms with Gasteiger partial charge >= 0.3 is 0 Å². The second kappa shape index (κ2) is 6.69. The number of fused-ring (bicyclic) bond motifs is 1. The molecule has 138 valence electrons. The largest absolute Gasteiger partial charge is 0.357 e. The molecule has 0 saturated heterocycles. The van der Waals surface area contributed by atoms with Gasteiger partial charge in [-0.2, -0.15) is 5.26 Å². The van der Waals surface area contributed by atoms with Gasteiger partial charge in [0.05, 0.1) is 16.9 Å². The van der Waals surface area contributed by atoms with Gasteiger partial charge in [0.2, 0.25) is 0 Å². The molecule has 1 heterocycles. The van der Waals surface area contributed by atoms with Crippen LogP contribution in [0.4, 0.5) is 0 Å². The number of rotatable bonds is 4. The summed E-state index contributed by atoms with van der Waals surface area (Å²) in [4.78, 5) is 3.65. The molecule has 0 fully saturated rings. The van der Waals surface area contributed by atoms with Crippen molar-refractivity contribution >= 4 is 10.9 Å². The van der Waals surface area contributed by atoms with E-state index in [4.69, 9.17) is 0 Å². The van der Waals surface area contributed by atoms with E-state index < -0.39 is 10.8 Å². The number of hydrogen-bond acceptors (Lipinski definition) is 1. The lowest BCUT2D eigenvalue weighted by molar-refractivity contribution is 0.325. The van der Waals surface area contributed by atoms with Crippen LogP contribution in [0.2, 0.25) is 0 Å². The molecule has 0 unspecified atom stereocenters. The van der Waals surface area contributed by atoms with Crippen molar-refractivity contribution in [1.82, 2.24) is 4.98 Å². The van der Waals surface area contributed by atoms with E-state index in [0.717, 1.165) is 22.3 Å². The lowest BCUT2D eigenvalue weighted by Gasteiger charge is -2.43. The highest BCUT2D eigenvalue weighted by Crippen LogP contribution is 2.51. The lowest BCUT2D eigenvalue weighted by atomic mass is 9.57. The van der Waals surface area contributed by atoms with Gasteiger partial charge in [0.1, 0.15) is 0 Å². The number of aromatic amines is 1. The second-order valence-corrected chi connectivity index (χ2v) is 7.99. The van der Waals surface area contributed by atoms with Gasteiger partial charge < -0.3 is 4.98 Å². The van der Waals surface area contributed by atoms with Crippen LogP contribution in [0, 0.1) is 23.7 Å². The summed E-state index contributed by atoms with van der Waals surface area (Å²) in [5.74, 6) is 0. The van der Waals surface area contributed by atoms with Crippen molar-refractivity contribution in [1.29, 1.82) is 5.26 Å². The van der Waals surface area contributed by atoms with E-state index in [-0.39, 0.29) is 0 Å². The summed E-state index contributed by atoms with van der Waals surface area (Å²) in [6.45, 7) is 6.17. The molecule has 0 saturated carbocycles. The average Bonchev–Trinajstić information content (AvgIpc) is 3.13. The van der Waals surface area contributed by atoms with E-state index in [1.165, 1.54) is 10.9 Å². The number of H-pyrrole nitrogens is 1. The van der Waals surface area contributed by atoms with E-state index in [1.54, 1.807) is 0 Å². The van der Waals surface area contributed by atoms with E-state index in [2.05, 4.69) is 66.5 Å². The van der Waals surface area contributed by atoms with Crippen molar-refractivity contribution in [2.24, 2.45) is 5.41 Å². The number of nitrogens with one attached hydrogen (secondary N) is 1. The van der Waals surface area contributed by atoms with E-state index in [0.29, 0.717) is 0 Å². The SMILES string of the molecule is Cc1ccc2[nH]c(C(c3ccccc3)(c3ccccc3)C(C)(C)C#N)cc2c1. The zero-order valence-corrected chi connectivity index (χ0v) is 16.5. The topological polar surface area (TPSA) is 39.6 Å². The van der Waals surface area contributed by atoms with Crippen molar-refractivity contribution in [3.63, 3.8) is 0 Å². The predicted molar refractivity (Wildman–Crippen MR) is 115 cm³/mol. The fraction of sp³-hybridized carbons (Fsp3) is 0.192. The molecule has 0 spiro atoms. The smallest absolute Gasteiger partial charge is 0.0782 e. The third kappa shape index (κ3) is 2.63. The first-order valence-electron chi connectivity index (χ1n) is 9.61. The number of aryl methyl sites for hydroxylation is 1. The molecule has 3 aromatic carbocycles. The second-order valence-electron chi connectivity index (χ2n) is 7.99. The summed E-state index contributed by atoms with van der Waals surface area (Å²) in [7, 11) is 0. The van der Waals surface area contributed by atoms with Crippen LogP contribution in [0.25, 0.3) is 10.9 Å². The predicted octanol–water partition coefficient (Wildman–Crippen LogP) is 6.36. The molecule has 4 rings (SSSR count). The molecule has 0 amide bonds. The Morgan fingerprint density at radius 1 is 0.786 bits per heavy atom. The van der Waals surface area contributed by atoms with Gasteiger partial charge in [0.25, 0.3) is 0 Å². The van der Waals surface area contributed by atoms with Crippen LogP contribution >= 0.6 is 0 Å². The molecule has 2 nitrogen and oxygen atoms in total. The molecular weight excluding hydrogens is 340 g/mol. The minimum absolute atomic E-state index is 0.628. The summed E-state index contributed by atoms with van der Waals surface area (Å²) < 4.78 is 0. The average molecular weight is 364 g/mol. The molecular formula is C26H24N2. The maximum absolute atomic E-state index is 10.3. The standard InChI is InChI=1S/C26H24N2/c1-19-14-15-23-20(16-19)17-24(28-23)26(25(2,3)18-27,21-10-6-4-7-11-21)22-12-8-5-9-13-22/h4-17,28H,1-3H3. The Morgan fingerprint density at radius 2 is 1.36 bits per heavy atom. The molecule has 0 radical (unpaired) electrons. The highest BCUT2D eigenvalue weighted by Gasteiger charge is 2.50. The Hall–Kier alpha value is -3.31. The van der Waals surface area contributed by atoms with E-state index in [9.17, 15) is 5.26 Å². The van der Waals surface area contributed by atoms with Crippen molar-refractivity contribution < 1.29 is 0 Å². The number of aromatic nitrogens is 1. The summed E-state index contributed by atoms with van der Waals surface area (Å²) in [5, 5.41) is 11.4. The van der Waals surface area contributed by atoms with Gasteiger partial charge in [-0.15, -0.1) is 0 Å². The van der Waals surface area contributed by atoms with Gasteiger partial charge in [0.15, 0.2) is 0 Å². The van der Waals surface area contributed by atoms with Crippen LogP contribution in [0.15, 0.2) is 84.9 Å². The molecule has 2 heteroatoms. The Labute approximate surface area is 166 Å². The van der Waals surface area contributed by atoms with E-state index >= 15 is 0 Å². The Bertz CT molecular complexity index is 1110. The summed E-state index contributed by atoms with van der Waals surface area (Å²) in [6.07, 6.45) is 0. The van der Waals surface area contributed by atoms with Crippen LogP contribution in [0.3, 0.4) is 0 Å². The number of nitrogens with zero attached hydrogens (tertiary/aromatic N) is 1. The first-order valence-corrected chi connectivity index (χ1v) is 9.61. The minimum atomic E-state index is -0.689. The number of nitriles is 1. The van der Waals surface area contributed by atoms with Gasteiger partial charge in [-0.25, -0.2) is 0 Å². The van der Waals surface area contributed by atoms with Crippen molar-refractivity contribution in [3.8, 4) is 6.07 Å². The normalized spacial score (nSPS) is 12.1. The van der Waals surface area contributed by atoms with Gasteiger partial charge in [-0.1, -0.05) is 72.3 Å². The van der Waals surface area contributed by atoms with Crippen LogP contribution in [-0.4, -0.2) is 4.98 Å². The quantitative estimate of drug-likeness (QED) is 0.449. The first kappa shape index (κ1) is 18.1. The maximum atomic E-state index is 10.3. The minimum Gasteiger partial charge on any atom is -0.357 e. The summed E-state index contributed by atoms with van der Waals surface area (Å²) in [6, 6.07) is 32.0. The van der Waals surface area contributed by atoms with Crippen LogP contribution < -0.4 is 0 Å². The molecule has 0 aliphatic carbocycles. The molecule has 0 atom stereocenters. The maximum Gasteiger partial charge on any atom is 0.0782 e. The first-order chi connectivity index (χ1) is 13.5. The highest BCUT2D eigenvalue weighted by molar-refractivity contribution is 5.82. The lowest BCUT2D eigenvalue weighted by Crippen LogP contribution is -2.43. The third-order valence-corrected chi connectivity index (χ3v) is 5.81. The van der Waals surface area contributed by atoms with Crippen LogP contribution in [0.5, 0.6) is 0 Å². The van der Waals surface area contributed by atoms with Crippen molar-refractivity contribution in [2.45, 2.75) is 26.2 Å². The fourth-order valence-corrected chi connectivity index (χ4v) is 4.45. The van der Waals surface area contributed by atoms with Crippen molar-refractivity contribution in [2.75, 3.05) is 0 Å². The van der Waals surface area contributed by atoms with Crippen LogP contribution in [-0.2, 0) is 5.41 Å². The molecule has 0 bridgehead atoms. The Kier molecular flexibility index (Phi) is 4.32. The highest BCUT2D eigenvalue weighted by atomic mass is 14.8. The molecule has 4 aromatic rings. The molecule has 28 heavy (non-hydrogen) atoms. The number of hydrogen-bond donors (Lipinski definition) is 1. The zero-order valence-electron chi connectivity index (χ0n) is 16.5. The monoisotopic (exact) mass is 364 g/mol. The van der Waals surface area contributed by atoms with Crippen LogP contribution in [0.1, 0.15) is 36.2 Å². The fourth-order valence-electron chi connectivity index (χ4n) is 4.45. The zero-order chi connectivity index (χ0) is 19.8. The third-order valence-electron chi connectivity index (χ3n) is 5.81. The molecule has 1 aromatic heterocycles. The van der Waals surface area contributed by atoms with E-state index in [1.807, 2.05) is 50.2 Å². The summed E-state index contributed by atoms with van der Waals surface area (Å²) >= 11 is 0. The van der Waals surface area contributed by atoms with Gasteiger partial charge in [0, 0.05) is 11.2 Å². The van der Waals surface area contributed by atoms with Gasteiger partial charge in [-0.3, -0.25) is 0 Å². The number of benzene rings is 3. The summed E-state index contributed by atoms with van der Waals surface area (Å²) in [5.41, 5.74) is 4.25. The van der Waals surface area contributed by atoms with Gasteiger partial charge in [-0.05, 0) is 55.5 Å². The van der Waals surface area contributed by atoms with Crippen molar-refractivity contribution in [3.05, 3.63) is 107 Å².